The molecule has 1 nitrogen and oxygen atoms in total. The van der Waals surface area contributed by atoms with Gasteiger partial charge in [-0.1, -0.05) is 140 Å². The Balaban J connectivity index is 1.68. The summed E-state index contributed by atoms with van der Waals surface area (Å²) in [7, 11) is 0. The quantitative estimate of drug-likeness (QED) is 0.163. The Bertz CT molecular complexity index is 2010. The molecule has 1 aliphatic carbocycles. The monoisotopic (exact) mass is 521 g/mol. The highest BCUT2D eigenvalue weighted by molar-refractivity contribution is 6.28. The van der Waals surface area contributed by atoms with Crippen LogP contribution in [0.3, 0.4) is 0 Å². The second-order valence-corrected chi connectivity index (χ2v) is 10.4. The van der Waals surface area contributed by atoms with Crippen LogP contribution in [-0.4, -0.2) is 0 Å². The predicted molar refractivity (Wildman–Crippen MR) is 174 cm³/mol. The Morgan fingerprint density at radius 2 is 1.15 bits per heavy atom. The van der Waals surface area contributed by atoms with Crippen LogP contribution in [0.15, 0.2) is 146 Å². The Morgan fingerprint density at radius 1 is 0.610 bits per heavy atom. The Hall–Kier alpha value is -5.45. The average molecular weight is 522 g/mol. The van der Waals surface area contributed by atoms with Gasteiger partial charge in [0.25, 0.3) is 0 Å². The van der Waals surface area contributed by atoms with Crippen LogP contribution < -0.4 is 0 Å². The summed E-state index contributed by atoms with van der Waals surface area (Å²) in [4.78, 5) is 0. The maximum absolute atomic E-state index is 9.82. The van der Waals surface area contributed by atoms with Crippen LogP contribution in [0.5, 0.6) is 0 Å². The molecule has 0 spiro atoms. The van der Waals surface area contributed by atoms with Crippen LogP contribution in [0.4, 0.5) is 0 Å². The van der Waals surface area contributed by atoms with Crippen molar-refractivity contribution in [1.82, 2.24) is 0 Å². The van der Waals surface area contributed by atoms with Crippen molar-refractivity contribution >= 4 is 27.1 Å². The van der Waals surface area contributed by atoms with Crippen molar-refractivity contribution in [2.75, 3.05) is 0 Å². The highest BCUT2D eigenvalue weighted by Crippen LogP contribution is 2.58. The van der Waals surface area contributed by atoms with Gasteiger partial charge in [-0.2, -0.15) is 5.26 Å². The molecule has 0 heterocycles. The summed E-state index contributed by atoms with van der Waals surface area (Å²) in [6, 6.07) is 43.6. The summed E-state index contributed by atoms with van der Waals surface area (Å²) in [5.41, 5.74) is 12.2. The molecule has 7 rings (SSSR count). The molecule has 0 fully saturated rings. The Morgan fingerprint density at radius 3 is 1.71 bits per heavy atom. The minimum atomic E-state index is 0.458. The van der Waals surface area contributed by atoms with E-state index in [2.05, 4.69) is 128 Å². The summed E-state index contributed by atoms with van der Waals surface area (Å²) < 4.78 is 0. The maximum Gasteiger partial charge on any atom is 0.0991 e. The molecule has 0 saturated carbocycles. The fourth-order valence-electron chi connectivity index (χ4n) is 6.45. The van der Waals surface area contributed by atoms with Crippen molar-refractivity contribution in [2.24, 2.45) is 0 Å². The van der Waals surface area contributed by atoms with Crippen molar-refractivity contribution in [3.05, 3.63) is 151 Å². The van der Waals surface area contributed by atoms with Gasteiger partial charge in [0.05, 0.1) is 11.6 Å². The molecule has 0 unspecified atom stereocenters. The lowest BCUT2D eigenvalue weighted by atomic mass is 9.82. The van der Waals surface area contributed by atoms with Gasteiger partial charge in [0.2, 0.25) is 0 Å². The van der Waals surface area contributed by atoms with Crippen LogP contribution in [0.1, 0.15) is 12.5 Å². The van der Waals surface area contributed by atoms with Gasteiger partial charge in [-0.05, 0) is 84.1 Å². The normalized spacial score (nSPS) is 12.1. The van der Waals surface area contributed by atoms with Gasteiger partial charge in [-0.25, -0.2) is 0 Å². The topological polar surface area (TPSA) is 23.8 Å². The summed E-state index contributed by atoms with van der Waals surface area (Å²) in [5, 5.41) is 14.7. The number of benzene rings is 6. The molecule has 6 aromatic rings. The molecule has 0 bridgehead atoms. The molecule has 192 valence electrons. The van der Waals surface area contributed by atoms with Crippen LogP contribution in [0.2, 0.25) is 0 Å². The lowest BCUT2D eigenvalue weighted by Crippen LogP contribution is -1.93. The number of hydrogen-bond donors (Lipinski definition) is 0. The van der Waals surface area contributed by atoms with E-state index in [4.69, 9.17) is 0 Å². The molecular formula is C40H27N. The SMILES string of the molecule is C=C(C#N)/C(=C\C=C/C)c1ccc2c3c(cccc13)-c1c-2c(-c2ccccc2)c2ccccc2c1-c1ccccc1. The van der Waals surface area contributed by atoms with Crippen molar-refractivity contribution in [1.29, 1.82) is 5.26 Å². The van der Waals surface area contributed by atoms with Gasteiger partial charge in [0.1, 0.15) is 0 Å². The van der Waals surface area contributed by atoms with E-state index < -0.39 is 0 Å². The Labute approximate surface area is 240 Å². The summed E-state index contributed by atoms with van der Waals surface area (Å²) >= 11 is 0. The van der Waals surface area contributed by atoms with E-state index in [1.54, 1.807) is 0 Å². The van der Waals surface area contributed by atoms with Crippen molar-refractivity contribution in [3.8, 4) is 50.6 Å². The number of hydrogen-bond acceptors (Lipinski definition) is 1. The van der Waals surface area contributed by atoms with Crippen LogP contribution in [-0.2, 0) is 0 Å². The summed E-state index contributed by atoms with van der Waals surface area (Å²) in [6.07, 6.45) is 5.95. The number of nitriles is 1. The molecule has 0 amide bonds. The lowest BCUT2D eigenvalue weighted by molar-refractivity contribution is 1.50. The van der Waals surface area contributed by atoms with Crippen LogP contribution in [0.25, 0.3) is 71.6 Å². The van der Waals surface area contributed by atoms with E-state index in [1.165, 1.54) is 60.7 Å². The number of fused-ring (bicyclic) bond motifs is 4. The first-order valence-corrected chi connectivity index (χ1v) is 13.9. The molecule has 1 aliphatic rings. The van der Waals surface area contributed by atoms with E-state index in [9.17, 15) is 5.26 Å². The van der Waals surface area contributed by atoms with Gasteiger partial charge in [-0.15, -0.1) is 0 Å². The third kappa shape index (κ3) is 3.77. The van der Waals surface area contributed by atoms with E-state index in [0.29, 0.717) is 5.57 Å². The fourth-order valence-corrected chi connectivity index (χ4v) is 6.45. The zero-order valence-electron chi connectivity index (χ0n) is 22.9. The third-order valence-electron chi connectivity index (χ3n) is 8.13. The standard InChI is InChI=1S/C40H27N/c1-3-4-18-29(26(2)25-41)30-23-24-35-38-31(30)21-13-22-34(38)39-36(27-14-7-5-8-15-27)32-19-11-12-20-33(32)37(40(35)39)28-16-9-6-10-17-28/h3-24H,2H2,1H3/b4-3-,29-18+. The zero-order valence-corrected chi connectivity index (χ0v) is 22.9. The smallest absolute Gasteiger partial charge is 0.0991 e. The average Bonchev–Trinajstić information content (AvgIpc) is 3.36. The summed E-state index contributed by atoms with van der Waals surface area (Å²) in [6.45, 7) is 6.07. The minimum absolute atomic E-state index is 0.458. The fraction of sp³-hybridized carbons (Fsp3) is 0.0250. The first-order valence-electron chi connectivity index (χ1n) is 13.9. The molecule has 41 heavy (non-hydrogen) atoms. The molecule has 0 N–H and O–H groups in total. The van der Waals surface area contributed by atoms with Crippen molar-refractivity contribution in [2.45, 2.75) is 6.92 Å². The minimum Gasteiger partial charge on any atom is -0.192 e. The highest BCUT2D eigenvalue weighted by Gasteiger charge is 2.31. The molecule has 1 heteroatoms. The molecule has 0 radical (unpaired) electrons. The molecule has 0 aromatic heterocycles. The van der Waals surface area contributed by atoms with Gasteiger partial charge in [0.15, 0.2) is 0 Å². The van der Waals surface area contributed by atoms with Crippen molar-refractivity contribution in [3.63, 3.8) is 0 Å². The van der Waals surface area contributed by atoms with E-state index >= 15 is 0 Å². The highest BCUT2D eigenvalue weighted by atomic mass is 14.3. The molecule has 0 aliphatic heterocycles. The van der Waals surface area contributed by atoms with Gasteiger partial charge in [-0.3, -0.25) is 0 Å². The first kappa shape index (κ1) is 24.6. The van der Waals surface area contributed by atoms with Crippen LogP contribution in [0, 0.1) is 11.3 Å². The third-order valence-corrected chi connectivity index (χ3v) is 8.13. The molecular weight excluding hydrogens is 494 g/mol. The molecule has 6 aromatic carbocycles. The second-order valence-electron chi connectivity index (χ2n) is 10.4. The molecule has 0 saturated heterocycles. The van der Waals surface area contributed by atoms with Crippen molar-refractivity contribution < 1.29 is 0 Å². The van der Waals surface area contributed by atoms with E-state index in [1.807, 2.05) is 25.2 Å². The molecule has 0 atom stereocenters. The zero-order chi connectivity index (χ0) is 27.9. The number of allylic oxidation sites excluding steroid dienone is 5. The van der Waals surface area contributed by atoms with E-state index in [-0.39, 0.29) is 0 Å². The van der Waals surface area contributed by atoms with E-state index in [0.717, 1.165) is 16.5 Å². The van der Waals surface area contributed by atoms with Gasteiger partial charge in [0, 0.05) is 0 Å². The first-order chi connectivity index (χ1) is 20.2. The van der Waals surface area contributed by atoms with Gasteiger partial charge < -0.3 is 0 Å². The summed E-state index contributed by atoms with van der Waals surface area (Å²) in [5.74, 6) is 0. The number of rotatable bonds is 5. The Kier molecular flexibility index (Phi) is 5.96. The maximum atomic E-state index is 9.82. The predicted octanol–water partition coefficient (Wildman–Crippen LogP) is 11.0. The van der Waals surface area contributed by atoms with Gasteiger partial charge >= 0.3 is 0 Å². The largest absolute Gasteiger partial charge is 0.192 e. The second kappa shape index (κ2) is 9.94. The lowest BCUT2D eigenvalue weighted by Gasteiger charge is -2.20. The van der Waals surface area contributed by atoms with Crippen LogP contribution >= 0.6 is 0 Å². The number of nitrogens with zero attached hydrogens (tertiary/aromatic N) is 1.